The summed E-state index contributed by atoms with van der Waals surface area (Å²) in [6, 6.07) is 0.0686. The van der Waals surface area contributed by atoms with Gasteiger partial charge in [0.15, 0.2) is 0 Å². The van der Waals surface area contributed by atoms with Crippen LogP contribution < -0.4 is 5.73 Å². The Morgan fingerprint density at radius 1 is 1.24 bits per heavy atom. The summed E-state index contributed by atoms with van der Waals surface area (Å²) in [7, 11) is 1.65. The molecule has 0 radical (unpaired) electrons. The van der Waals surface area contributed by atoms with Gasteiger partial charge in [-0.05, 0) is 13.0 Å². The van der Waals surface area contributed by atoms with E-state index in [1.54, 1.807) is 7.11 Å². The highest BCUT2D eigenvalue weighted by atomic mass is 19.4. The predicted octanol–water partition coefficient (Wildman–Crippen LogP) is 1.12. The lowest BCUT2D eigenvalue weighted by atomic mass is 9.92. The van der Waals surface area contributed by atoms with Crippen molar-refractivity contribution in [2.24, 2.45) is 5.73 Å². The number of methoxy groups -OCH3 is 1. The molecule has 2 rings (SSSR count). The summed E-state index contributed by atoms with van der Waals surface area (Å²) in [5, 5.41) is 0. The van der Waals surface area contributed by atoms with Crippen LogP contribution in [0.25, 0.3) is 0 Å². The fourth-order valence-electron chi connectivity index (χ4n) is 2.74. The zero-order chi connectivity index (χ0) is 15.5. The number of piperidine rings is 1. The van der Waals surface area contributed by atoms with Crippen molar-refractivity contribution < 1.29 is 27.4 Å². The first kappa shape index (κ1) is 17.0. The third kappa shape index (κ3) is 5.37. The lowest BCUT2D eigenvalue weighted by Gasteiger charge is -2.37. The number of nitrogens with two attached hydrogens (primary N) is 1. The van der Waals surface area contributed by atoms with Gasteiger partial charge in [-0.15, -0.1) is 13.2 Å². The molecule has 21 heavy (non-hydrogen) atoms. The van der Waals surface area contributed by atoms with Crippen LogP contribution in [-0.2, 0) is 14.2 Å². The second kappa shape index (κ2) is 7.23. The van der Waals surface area contributed by atoms with Gasteiger partial charge in [0.25, 0.3) is 0 Å². The maximum absolute atomic E-state index is 12.0. The summed E-state index contributed by atoms with van der Waals surface area (Å²) in [6.07, 6.45) is -3.88. The third-order valence-electron chi connectivity index (χ3n) is 4.11. The zero-order valence-corrected chi connectivity index (χ0v) is 12.1. The highest BCUT2D eigenvalue weighted by molar-refractivity contribution is 4.84. The standard InChI is InChI=1S/C13H23F3N2O3/c1-19-12-8-18(3-2-11(12)17)4-5-20-9-6-10(7-9)21-13(14,15)16/h9-12H,2-8,17H2,1H3/t9?,10?,11-,12-/m1/s1. The molecule has 1 aliphatic carbocycles. The lowest BCUT2D eigenvalue weighted by Crippen LogP contribution is -2.52. The van der Waals surface area contributed by atoms with Gasteiger partial charge in [0, 0.05) is 39.1 Å². The highest BCUT2D eigenvalue weighted by Gasteiger charge is 2.40. The molecule has 0 aromatic rings. The normalized spacial score (nSPS) is 34.7. The molecule has 5 nitrogen and oxygen atoms in total. The smallest absolute Gasteiger partial charge is 0.379 e. The first-order valence-electron chi connectivity index (χ1n) is 7.24. The second-order valence-corrected chi connectivity index (χ2v) is 5.68. The van der Waals surface area contributed by atoms with Gasteiger partial charge in [0.05, 0.1) is 24.9 Å². The van der Waals surface area contributed by atoms with Crippen LogP contribution in [0.5, 0.6) is 0 Å². The molecule has 2 aliphatic rings. The van der Waals surface area contributed by atoms with Crippen molar-refractivity contribution in [2.75, 3.05) is 33.4 Å². The average Bonchev–Trinajstić information content (AvgIpc) is 2.36. The van der Waals surface area contributed by atoms with E-state index >= 15 is 0 Å². The van der Waals surface area contributed by atoms with Gasteiger partial charge in [-0.3, -0.25) is 9.64 Å². The Morgan fingerprint density at radius 2 is 1.95 bits per heavy atom. The van der Waals surface area contributed by atoms with Gasteiger partial charge in [-0.1, -0.05) is 0 Å². The van der Waals surface area contributed by atoms with Crippen molar-refractivity contribution in [1.29, 1.82) is 0 Å². The molecular weight excluding hydrogens is 289 g/mol. The van der Waals surface area contributed by atoms with Gasteiger partial charge < -0.3 is 15.2 Å². The maximum atomic E-state index is 12.0. The van der Waals surface area contributed by atoms with Crippen molar-refractivity contribution in [2.45, 2.75) is 50.0 Å². The topological polar surface area (TPSA) is 57.0 Å². The number of nitrogens with zero attached hydrogens (tertiary/aromatic N) is 1. The van der Waals surface area contributed by atoms with Gasteiger partial charge in [0.2, 0.25) is 0 Å². The fraction of sp³-hybridized carbons (Fsp3) is 1.00. The van der Waals surface area contributed by atoms with E-state index in [4.69, 9.17) is 15.2 Å². The zero-order valence-electron chi connectivity index (χ0n) is 12.1. The van der Waals surface area contributed by atoms with Crippen LogP contribution in [-0.4, -0.2) is 69.0 Å². The first-order valence-corrected chi connectivity index (χ1v) is 7.24. The van der Waals surface area contributed by atoms with Gasteiger partial charge in [0.1, 0.15) is 0 Å². The molecule has 0 spiro atoms. The van der Waals surface area contributed by atoms with Gasteiger partial charge in [-0.25, -0.2) is 0 Å². The SMILES string of the molecule is CO[C@@H]1CN(CCOC2CC(OC(F)(F)F)C2)CC[C@H]1N. The van der Waals surface area contributed by atoms with Crippen molar-refractivity contribution in [3.63, 3.8) is 0 Å². The van der Waals surface area contributed by atoms with E-state index < -0.39 is 12.5 Å². The van der Waals surface area contributed by atoms with Crippen molar-refractivity contribution >= 4 is 0 Å². The molecular formula is C13H23F3N2O3. The minimum atomic E-state index is -4.54. The number of likely N-dealkylation sites (tertiary alicyclic amines) is 1. The molecule has 1 saturated heterocycles. The minimum absolute atomic E-state index is 0.0343. The summed E-state index contributed by atoms with van der Waals surface area (Å²) in [4.78, 5) is 2.21. The van der Waals surface area contributed by atoms with E-state index in [-0.39, 0.29) is 18.2 Å². The lowest BCUT2D eigenvalue weighted by molar-refractivity contribution is -0.357. The van der Waals surface area contributed by atoms with Crippen LogP contribution in [0.2, 0.25) is 0 Å². The molecule has 1 saturated carbocycles. The molecule has 0 aromatic carbocycles. The Bertz CT molecular complexity index is 324. The number of alkyl halides is 3. The molecule has 1 heterocycles. The van der Waals surface area contributed by atoms with E-state index in [9.17, 15) is 13.2 Å². The fourth-order valence-corrected chi connectivity index (χ4v) is 2.74. The number of hydrogen-bond acceptors (Lipinski definition) is 5. The quantitative estimate of drug-likeness (QED) is 0.796. The van der Waals surface area contributed by atoms with Crippen LogP contribution in [0.15, 0.2) is 0 Å². The Balaban J connectivity index is 1.55. The molecule has 0 bridgehead atoms. The summed E-state index contributed by atoms with van der Waals surface area (Å²) in [6.45, 7) is 2.92. The highest BCUT2D eigenvalue weighted by Crippen LogP contribution is 2.32. The van der Waals surface area contributed by atoms with E-state index in [0.29, 0.717) is 19.4 Å². The summed E-state index contributed by atoms with van der Waals surface area (Å²) in [5.41, 5.74) is 5.94. The van der Waals surface area contributed by atoms with Crippen LogP contribution in [0.1, 0.15) is 19.3 Å². The Kier molecular flexibility index (Phi) is 5.84. The van der Waals surface area contributed by atoms with E-state index in [0.717, 1.165) is 26.1 Å². The molecule has 8 heteroatoms. The third-order valence-corrected chi connectivity index (χ3v) is 4.11. The molecule has 2 N–H and O–H groups in total. The number of hydrogen-bond donors (Lipinski definition) is 1. The average molecular weight is 312 g/mol. The molecule has 0 amide bonds. The van der Waals surface area contributed by atoms with Crippen molar-refractivity contribution in [3.8, 4) is 0 Å². The van der Waals surface area contributed by atoms with Crippen LogP contribution >= 0.6 is 0 Å². The Labute approximate surface area is 122 Å². The van der Waals surface area contributed by atoms with Gasteiger partial charge >= 0.3 is 6.36 Å². The van der Waals surface area contributed by atoms with Crippen LogP contribution in [0.4, 0.5) is 13.2 Å². The molecule has 124 valence electrons. The number of ether oxygens (including phenoxy) is 3. The van der Waals surface area contributed by atoms with E-state index in [2.05, 4.69) is 9.64 Å². The summed E-state index contributed by atoms with van der Waals surface area (Å²) >= 11 is 0. The molecule has 0 aromatic heterocycles. The first-order chi connectivity index (χ1) is 9.87. The van der Waals surface area contributed by atoms with E-state index in [1.165, 1.54) is 0 Å². The van der Waals surface area contributed by atoms with Crippen LogP contribution in [0, 0.1) is 0 Å². The molecule has 2 fully saturated rings. The predicted molar refractivity (Wildman–Crippen MR) is 69.7 cm³/mol. The summed E-state index contributed by atoms with van der Waals surface area (Å²) < 4.78 is 50.7. The van der Waals surface area contributed by atoms with E-state index in [1.807, 2.05) is 0 Å². The molecule has 0 unspecified atom stereocenters. The molecule has 1 aliphatic heterocycles. The monoisotopic (exact) mass is 312 g/mol. The van der Waals surface area contributed by atoms with Crippen LogP contribution in [0.3, 0.4) is 0 Å². The molecule has 2 atom stereocenters. The number of halogens is 3. The summed E-state index contributed by atoms with van der Waals surface area (Å²) in [5.74, 6) is 0. The van der Waals surface area contributed by atoms with Crippen molar-refractivity contribution in [1.82, 2.24) is 4.90 Å². The van der Waals surface area contributed by atoms with Crippen molar-refractivity contribution in [3.05, 3.63) is 0 Å². The maximum Gasteiger partial charge on any atom is 0.522 e. The Hall–Kier alpha value is -0.410. The largest absolute Gasteiger partial charge is 0.522 e. The van der Waals surface area contributed by atoms with Gasteiger partial charge in [-0.2, -0.15) is 0 Å². The number of rotatable bonds is 6. The minimum Gasteiger partial charge on any atom is -0.379 e. The second-order valence-electron chi connectivity index (χ2n) is 5.68. The Morgan fingerprint density at radius 3 is 2.57 bits per heavy atom.